The lowest BCUT2D eigenvalue weighted by molar-refractivity contribution is 0.595. The Hall–Kier alpha value is -1.82. The average Bonchev–Trinajstić information content (AvgIpc) is 2.90. The molecule has 2 rings (SSSR count). The molecule has 1 aromatic heterocycles. The largest absolute Gasteiger partial charge is 0.378 e. The van der Waals surface area contributed by atoms with Gasteiger partial charge in [0.1, 0.15) is 5.82 Å². The molecule has 0 saturated carbocycles. The summed E-state index contributed by atoms with van der Waals surface area (Å²) in [5.41, 5.74) is 0.867. The fourth-order valence-electron chi connectivity index (χ4n) is 1.75. The van der Waals surface area contributed by atoms with Gasteiger partial charge in [-0.25, -0.2) is 13.4 Å². The number of benzene rings is 1. The van der Waals surface area contributed by atoms with Crippen molar-refractivity contribution in [3.05, 3.63) is 42.5 Å². The molecule has 19 heavy (non-hydrogen) atoms. The average molecular weight is 279 g/mol. The molecule has 0 atom stereocenters. The molecule has 0 spiro atoms. The fraction of sp³-hybridized carbons (Fsp3) is 0.308. The van der Waals surface area contributed by atoms with Crippen LogP contribution in [0.15, 0.2) is 41.6 Å². The number of hydrogen-bond acceptors (Lipinski definition) is 4. The predicted molar refractivity (Wildman–Crippen MR) is 74.7 cm³/mol. The molecule has 102 valence electrons. The molecule has 0 aliphatic heterocycles. The van der Waals surface area contributed by atoms with E-state index >= 15 is 0 Å². The van der Waals surface area contributed by atoms with Crippen LogP contribution in [0, 0.1) is 0 Å². The first kappa shape index (κ1) is 13.6. The van der Waals surface area contributed by atoms with Crippen LogP contribution in [0.2, 0.25) is 0 Å². The molecule has 2 N–H and O–H groups in total. The third-order valence-electron chi connectivity index (χ3n) is 2.70. The van der Waals surface area contributed by atoms with Gasteiger partial charge in [-0.1, -0.05) is 6.92 Å². The van der Waals surface area contributed by atoms with E-state index in [1.165, 1.54) is 0 Å². The Balaban J connectivity index is 2.02. The van der Waals surface area contributed by atoms with E-state index in [1.807, 2.05) is 6.92 Å². The van der Waals surface area contributed by atoms with E-state index in [9.17, 15) is 8.42 Å². The van der Waals surface area contributed by atoms with Gasteiger partial charge in [0.15, 0.2) is 9.84 Å². The Bertz CT molecular complexity index is 604. The SMILES string of the molecule is CCCS(=O)(=O)c1ccc(NCc2ncc[nH]2)cc1. The highest BCUT2D eigenvalue weighted by Gasteiger charge is 2.12. The summed E-state index contributed by atoms with van der Waals surface area (Å²) in [5, 5.41) is 3.17. The lowest BCUT2D eigenvalue weighted by atomic mass is 10.3. The number of aromatic nitrogens is 2. The van der Waals surface area contributed by atoms with Crippen LogP contribution in [-0.4, -0.2) is 24.1 Å². The molecule has 2 aromatic rings. The zero-order valence-corrected chi connectivity index (χ0v) is 11.6. The zero-order valence-electron chi connectivity index (χ0n) is 10.8. The summed E-state index contributed by atoms with van der Waals surface area (Å²) in [5.74, 6) is 1.02. The van der Waals surface area contributed by atoms with E-state index in [0.29, 0.717) is 17.9 Å². The molecule has 1 heterocycles. The van der Waals surface area contributed by atoms with Crippen LogP contribution in [-0.2, 0) is 16.4 Å². The number of sulfone groups is 1. The Morgan fingerprint density at radius 2 is 2.00 bits per heavy atom. The summed E-state index contributed by atoms with van der Waals surface area (Å²) in [6.45, 7) is 2.44. The van der Waals surface area contributed by atoms with Crippen LogP contribution < -0.4 is 5.32 Å². The lowest BCUT2D eigenvalue weighted by Gasteiger charge is -2.06. The first-order chi connectivity index (χ1) is 9.12. The third kappa shape index (κ3) is 3.57. The number of H-pyrrole nitrogens is 1. The number of nitrogens with zero attached hydrogens (tertiary/aromatic N) is 1. The number of imidazole rings is 1. The Morgan fingerprint density at radius 1 is 1.26 bits per heavy atom. The second-order valence-corrected chi connectivity index (χ2v) is 6.34. The number of hydrogen-bond donors (Lipinski definition) is 2. The minimum atomic E-state index is -3.13. The van der Waals surface area contributed by atoms with Crippen molar-refractivity contribution in [2.75, 3.05) is 11.1 Å². The molecule has 0 unspecified atom stereocenters. The maximum Gasteiger partial charge on any atom is 0.178 e. The highest BCUT2D eigenvalue weighted by atomic mass is 32.2. The molecule has 0 amide bonds. The van der Waals surface area contributed by atoms with Gasteiger partial charge < -0.3 is 10.3 Å². The van der Waals surface area contributed by atoms with Gasteiger partial charge in [0.05, 0.1) is 17.2 Å². The first-order valence-corrected chi connectivity index (χ1v) is 7.82. The van der Waals surface area contributed by atoms with Crippen LogP contribution in [0.5, 0.6) is 0 Å². The van der Waals surface area contributed by atoms with Gasteiger partial charge in [-0.05, 0) is 30.7 Å². The van der Waals surface area contributed by atoms with E-state index in [4.69, 9.17) is 0 Å². The van der Waals surface area contributed by atoms with Crippen molar-refractivity contribution >= 4 is 15.5 Å². The quantitative estimate of drug-likeness (QED) is 0.850. The summed E-state index contributed by atoms with van der Waals surface area (Å²) < 4.78 is 23.7. The van der Waals surface area contributed by atoms with E-state index in [0.717, 1.165) is 11.5 Å². The van der Waals surface area contributed by atoms with E-state index < -0.39 is 9.84 Å². The van der Waals surface area contributed by atoms with Gasteiger partial charge in [0, 0.05) is 18.1 Å². The normalized spacial score (nSPS) is 11.4. The molecule has 0 aliphatic rings. The minimum absolute atomic E-state index is 0.187. The lowest BCUT2D eigenvalue weighted by Crippen LogP contribution is -2.06. The number of rotatable bonds is 6. The zero-order chi connectivity index (χ0) is 13.7. The van der Waals surface area contributed by atoms with Gasteiger partial charge in [-0.15, -0.1) is 0 Å². The molecular formula is C13H17N3O2S. The molecule has 6 heteroatoms. The van der Waals surface area contributed by atoms with Gasteiger partial charge in [0.2, 0.25) is 0 Å². The monoisotopic (exact) mass is 279 g/mol. The van der Waals surface area contributed by atoms with Crippen molar-refractivity contribution in [3.63, 3.8) is 0 Å². The predicted octanol–water partition coefficient (Wildman–Crippen LogP) is 2.21. The van der Waals surface area contributed by atoms with Crippen LogP contribution in [0.25, 0.3) is 0 Å². The Morgan fingerprint density at radius 3 is 2.58 bits per heavy atom. The van der Waals surface area contributed by atoms with Gasteiger partial charge >= 0.3 is 0 Å². The molecule has 0 fully saturated rings. The standard InChI is InChI=1S/C13H17N3O2S/c1-2-9-19(17,18)12-5-3-11(4-6-12)16-10-13-14-7-8-15-13/h3-8,16H,2,9-10H2,1H3,(H,14,15). The first-order valence-electron chi connectivity index (χ1n) is 6.17. The number of anilines is 1. The van der Waals surface area contributed by atoms with Crippen molar-refractivity contribution in [2.45, 2.75) is 24.8 Å². The molecule has 1 aromatic carbocycles. The Kier molecular flexibility index (Phi) is 4.21. The molecular weight excluding hydrogens is 262 g/mol. The smallest absolute Gasteiger partial charge is 0.178 e. The van der Waals surface area contributed by atoms with Gasteiger partial charge in [0.25, 0.3) is 0 Å². The molecule has 5 nitrogen and oxygen atoms in total. The third-order valence-corrected chi connectivity index (χ3v) is 4.64. The van der Waals surface area contributed by atoms with Gasteiger partial charge in [-0.2, -0.15) is 0 Å². The highest BCUT2D eigenvalue weighted by molar-refractivity contribution is 7.91. The number of aromatic amines is 1. The molecule has 0 saturated heterocycles. The summed E-state index contributed by atoms with van der Waals surface area (Å²) >= 11 is 0. The van der Waals surface area contributed by atoms with Crippen molar-refractivity contribution in [1.29, 1.82) is 0 Å². The molecule has 0 aliphatic carbocycles. The van der Waals surface area contributed by atoms with E-state index in [2.05, 4.69) is 15.3 Å². The summed E-state index contributed by atoms with van der Waals surface area (Å²) in [6.07, 6.45) is 4.08. The second kappa shape index (κ2) is 5.88. The van der Waals surface area contributed by atoms with Crippen LogP contribution in [0.3, 0.4) is 0 Å². The highest BCUT2D eigenvalue weighted by Crippen LogP contribution is 2.16. The van der Waals surface area contributed by atoms with E-state index in [1.54, 1.807) is 36.7 Å². The molecule has 0 bridgehead atoms. The number of nitrogens with one attached hydrogen (secondary N) is 2. The maximum absolute atomic E-state index is 11.9. The van der Waals surface area contributed by atoms with Crippen molar-refractivity contribution < 1.29 is 8.42 Å². The van der Waals surface area contributed by atoms with E-state index in [-0.39, 0.29) is 5.75 Å². The maximum atomic E-state index is 11.9. The van der Waals surface area contributed by atoms with Crippen molar-refractivity contribution in [2.24, 2.45) is 0 Å². The summed E-state index contributed by atoms with van der Waals surface area (Å²) in [7, 11) is -3.13. The summed E-state index contributed by atoms with van der Waals surface area (Å²) in [6, 6.07) is 6.81. The second-order valence-electron chi connectivity index (χ2n) is 4.23. The van der Waals surface area contributed by atoms with Gasteiger partial charge in [-0.3, -0.25) is 0 Å². The van der Waals surface area contributed by atoms with Crippen molar-refractivity contribution in [3.8, 4) is 0 Å². The topological polar surface area (TPSA) is 74.8 Å². The minimum Gasteiger partial charge on any atom is -0.378 e. The van der Waals surface area contributed by atoms with Crippen LogP contribution in [0.1, 0.15) is 19.2 Å². The fourth-order valence-corrected chi connectivity index (χ4v) is 3.07. The summed E-state index contributed by atoms with van der Waals surface area (Å²) in [4.78, 5) is 7.46. The van der Waals surface area contributed by atoms with Crippen LogP contribution in [0.4, 0.5) is 5.69 Å². The van der Waals surface area contributed by atoms with Crippen molar-refractivity contribution in [1.82, 2.24) is 9.97 Å². The van der Waals surface area contributed by atoms with Crippen LogP contribution >= 0.6 is 0 Å². The Labute approximate surface area is 113 Å². The molecule has 0 radical (unpaired) electrons.